The Hall–Kier alpha value is -1.69. The number of nitrogens with one attached hydrogen (secondary N) is 1. The molecule has 0 fully saturated rings. The van der Waals surface area contributed by atoms with Crippen LogP contribution in [0, 0.1) is 0 Å². The number of halogens is 1. The zero-order valence-corrected chi connectivity index (χ0v) is 10.5. The van der Waals surface area contributed by atoms with E-state index in [1.165, 1.54) is 22.3 Å². The van der Waals surface area contributed by atoms with Crippen molar-refractivity contribution in [2.75, 3.05) is 19.6 Å². The maximum atomic E-state index is 13.0. The summed E-state index contributed by atoms with van der Waals surface area (Å²) >= 11 is 1.31. The molecule has 6 heteroatoms. The van der Waals surface area contributed by atoms with Crippen molar-refractivity contribution in [3.63, 3.8) is 0 Å². The Morgan fingerprint density at radius 3 is 3.00 bits per heavy atom. The Morgan fingerprint density at radius 1 is 1.50 bits per heavy atom. The molecule has 2 heterocycles. The van der Waals surface area contributed by atoms with Gasteiger partial charge in [-0.05, 0) is 23.9 Å². The van der Waals surface area contributed by atoms with Crippen molar-refractivity contribution in [1.29, 1.82) is 0 Å². The van der Waals surface area contributed by atoms with Crippen LogP contribution in [0.4, 0.5) is 4.39 Å². The average Bonchev–Trinajstić information content (AvgIpc) is 2.89. The highest BCUT2D eigenvalue weighted by Crippen LogP contribution is 2.10. The molecule has 18 heavy (non-hydrogen) atoms. The lowest BCUT2D eigenvalue weighted by molar-refractivity contribution is -0.130. The number of nitrogens with zero attached hydrogens (tertiary/aromatic N) is 1. The molecule has 1 aliphatic rings. The van der Waals surface area contributed by atoms with Crippen LogP contribution in [0.15, 0.2) is 29.4 Å². The van der Waals surface area contributed by atoms with Gasteiger partial charge >= 0.3 is 0 Å². The lowest BCUT2D eigenvalue weighted by atomic mass is 10.2. The van der Waals surface area contributed by atoms with Crippen LogP contribution < -0.4 is 5.32 Å². The van der Waals surface area contributed by atoms with E-state index >= 15 is 0 Å². The van der Waals surface area contributed by atoms with Gasteiger partial charge in [-0.15, -0.1) is 11.3 Å². The van der Waals surface area contributed by atoms with Crippen molar-refractivity contribution < 1.29 is 14.0 Å². The van der Waals surface area contributed by atoms with E-state index in [-0.39, 0.29) is 30.7 Å². The fourth-order valence-electron chi connectivity index (χ4n) is 1.68. The van der Waals surface area contributed by atoms with Crippen molar-refractivity contribution in [3.05, 3.63) is 34.3 Å². The Morgan fingerprint density at radius 2 is 2.33 bits per heavy atom. The highest BCUT2D eigenvalue weighted by Gasteiger charge is 2.18. The third-order valence-electron chi connectivity index (χ3n) is 2.60. The van der Waals surface area contributed by atoms with E-state index in [9.17, 15) is 14.0 Å². The lowest BCUT2D eigenvalue weighted by Gasteiger charge is -2.24. The van der Waals surface area contributed by atoms with Crippen molar-refractivity contribution in [1.82, 2.24) is 10.2 Å². The SMILES string of the molecule is O=C(NCC(=O)N1CCC=C(F)C1)c1cccs1. The van der Waals surface area contributed by atoms with E-state index < -0.39 is 0 Å². The maximum Gasteiger partial charge on any atom is 0.261 e. The van der Waals surface area contributed by atoms with Gasteiger partial charge in [0.1, 0.15) is 5.83 Å². The predicted molar refractivity (Wildman–Crippen MR) is 67.0 cm³/mol. The van der Waals surface area contributed by atoms with Gasteiger partial charge in [-0.1, -0.05) is 6.07 Å². The van der Waals surface area contributed by atoms with Crippen LogP contribution in [0.2, 0.25) is 0 Å². The molecular weight excluding hydrogens is 255 g/mol. The number of thiophene rings is 1. The third-order valence-corrected chi connectivity index (χ3v) is 3.47. The average molecular weight is 268 g/mol. The maximum absolute atomic E-state index is 13.0. The largest absolute Gasteiger partial charge is 0.342 e. The lowest BCUT2D eigenvalue weighted by Crippen LogP contribution is -2.42. The summed E-state index contributed by atoms with van der Waals surface area (Å²) in [5, 5.41) is 4.33. The Bertz CT molecular complexity index is 470. The minimum atomic E-state index is -0.292. The van der Waals surface area contributed by atoms with Gasteiger partial charge in [0.25, 0.3) is 5.91 Å². The van der Waals surface area contributed by atoms with Crippen molar-refractivity contribution in [2.45, 2.75) is 6.42 Å². The summed E-state index contributed by atoms with van der Waals surface area (Å²) in [5.74, 6) is -0.825. The number of carbonyl (C=O) groups is 2. The molecule has 1 N–H and O–H groups in total. The molecule has 96 valence electrons. The first kappa shape index (κ1) is 12.8. The first-order chi connectivity index (χ1) is 8.66. The van der Waals surface area contributed by atoms with E-state index in [1.54, 1.807) is 17.5 Å². The van der Waals surface area contributed by atoms with Gasteiger partial charge in [-0.3, -0.25) is 9.59 Å². The van der Waals surface area contributed by atoms with E-state index in [2.05, 4.69) is 5.32 Å². The van der Waals surface area contributed by atoms with E-state index in [0.29, 0.717) is 17.8 Å². The van der Waals surface area contributed by atoms with Crippen LogP contribution >= 0.6 is 11.3 Å². The summed E-state index contributed by atoms with van der Waals surface area (Å²) in [6.45, 7) is 0.416. The second-order valence-corrected chi connectivity index (χ2v) is 4.86. The zero-order chi connectivity index (χ0) is 13.0. The number of hydrogen-bond donors (Lipinski definition) is 1. The van der Waals surface area contributed by atoms with Crippen LogP contribution in [0.1, 0.15) is 16.1 Å². The van der Waals surface area contributed by atoms with Gasteiger partial charge in [0.2, 0.25) is 5.91 Å². The monoisotopic (exact) mass is 268 g/mol. The molecule has 4 nitrogen and oxygen atoms in total. The van der Waals surface area contributed by atoms with Crippen molar-refractivity contribution in [2.24, 2.45) is 0 Å². The topological polar surface area (TPSA) is 49.4 Å². The molecule has 0 saturated carbocycles. The summed E-state index contributed by atoms with van der Waals surface area (Å²) in [6.07, 6.45) is 2.00. The van der Waals surface area contributed by atoms with Gasteiger partial charge in [-0.2, -0.15) is 0 Å². The van der Waals surface area contributed by atoms with Gasteiger partial charge < -0.3 is 10.2 Å². The Labute approximate surface area is 108 Å². The second kappa shape index (κ2) is 5.77. The molecule has 1 aromatic heterocycles. The Balaban J connectivity index is 1.82. The van der Waals surface area contributed by atoms with Crippen molar-refractivity contribution >= 4 is 23.2 Å². The summed E-state index contributed by atoms with van der Waals surface area (Å²) < 4.78 is 13.0. The van der Waals surface area contributed by atoms with E-state index in [0.717, 1.165) is 0 Å². The normalized spacial score (nSPS) is 15.2. The highest BCUT2D eigenvalue weighted by molar-refractivity contribution is 7.12. The summed E-state index contributed by atoms with van der Waals surface area (Å²) in [5.41, 5.74) is 0. The summed E-state index contributed by atoms with van der Waals surface area (Å²) in [7, 11) is 0. The smallest absolute Gasteiger partial charge is 0.261 e. The third kappa shape index (κ3) is 3.16. The number of carbonyl (C=O) groups excluding carboxylic acids is 2. The van der Waals surface area contributed by atoms with Crippen LogP contribution in [0.5, 0.6) is 0 Å². The van der Waals surface area contributed by atoms with Gasteiger partial charge in [-0.25, -0.2) is 4.39 Å². The predicted octanol–water partition coefficient (Wildman–Crippen LogP) is 1.56. The molecule has 0 aromatic carbocycles. The van der Waals surface area contributed by atoms with E-state index in [1.807, 2.05) is 0 Å². The first-order valence-corrected chi connectivity index (χ1v) is 6.49. The molecule has 0 radical (unpaired) electrons. The highest BCUT2D eigenvalue weighted by atomic mass is 32.1. The summed E-state index contributed by atoms with van der Waals surface area (Å²) in [4.78, 5) is 25.3. The molecule has 2 amide bonds. The number of hydrogen-bond acceptors (Lipinski definition) is 3. The van der Waals surface area contributed by atoms with Gasteiger partial charge in [0.15, 0.2) is 0 Å². The van der Waals surface area contributed by atoms with Crippen molar-refractivity contribution in [3.8, 4) is 0 Å². The van der Waals surface area contributed by atoms with Gasteiger partial charge in [0, 0.05) is 6.54 Å². The molecule has 0 unspecified atom stereocenters. The fraction of sp³-hybridized carbons (Fsp3) is 0.333. The minimum absolute atomic E-state index is 0.00764. The molecule has 0 spiro atoms. The Kier molecular flexibility index (Phi) is 4.09. The molecule has 0 bridgehead atoms. The molecular formula is C12H13FN2O2S. The zero-order valence-electron chi connectivity index (χ0n) is 9.69. The second-order valence-electron chi connectivity index (χ2n) is 3.91. The quantitative estimate of drug-likeness (QED) is 0.904. The minimum Gasteiger partial charge on any atom is -0.342 e. The van der Waals surface area contributed by atoms with Crippen LogP contribution in [-0.4, -0.2) is 36.3 Å². The molecule has 0 atom stereocenters. The standard InChI is InChI=1S/C12H13FN2O2S/c13-9-3-1-5-15(8-9)11(16)7-14-12(17)10-4-2-6-18-10/h2-4,6H,1,5,7-8H2,(H,14,17). The van der Waals surface area contributed by atoms with Crippen LogP contribution in [0.25, 0.3) is 0 Å². The first-order valence-electron chi connectivity index (χ1n) is 5.61. The molecule has 1 aromatic rings. The van der Waals surface area contributed by atoms with Crippen LogP contribution in [-0.2, 0) is 4.79 Å². The molecule has 0 aliphatic carbocycles. The fourth-order valence-corrected chi connectivity index (χ4v) is 2.32. The number of rotatable bonds is 3. The van der Waals surface area contributed by atoms with Gasteiger partial charge in [0.05, 0.1) is 18.0 Å². The molecule has 0 saturated heterocycles. The number of amides is 2. The molecule has 1 aliphatic heterocycles. The van der Waals surface area contributed by atoms with Crippen LogP contribution in [0.3, 0.4) is 0 Å². The van der Waals surface area contributed by atoms with E-state index in [4.69, 9.17) is 0 Å². The molecule has 2 rings (SSSR count). The summed E-state index contributed by atoms with van der Waals surface area (Å²) in [6, 6.07) is 3.46.